The first-order valence-electron chi connectivity index (χ1n) is 14.5. The molecule has 0 saturated carbocycles. The lowest BCUT2D eigenvalue weighted by Crippen LogP contribution is -2.46. The van der Waals surface area contributed by atoms with E-state index < -0.39 is 0 Å². The monoisotopic (exact) mass is 589 g/mol. The van der Waals surface area contributed by atoms with Gasteiger partial charge in [0.05, 0.1) is 28.0 Å². The standard InChI is InChI=1S/C31H41Cl2N3O4/c1-3-23(2)9-14-30(38)40-22-36-28-21-25(12-10-24(28)11-13-29(36)37)39-20-5-4-15-34-16-18-35(19-17-34)27-8-6-7-26(32)31(27)33/h6-8,10,12,21,23H,3-5,9,11,13-20,22H2,1-2H3. The summed E-state index contributed by atoms with van der Waals surface area (Å²) in [4.78, 5) is 31.2. The summed E-state index contributed by atoms with van der Waals surface area (Å²) in [5, 5.41) is 1.22. The number of fused-ring (bicyclic) bond motifs is 1. The quantitative estimate of drug-likeness (QED) is 0.194. The molecule has 2 aliphatic heterocycles. The Labute approximate surface area is 248 Å². The zero-order valence-corrected chi connectivity index (χ0v) is 25.2. The molecule has 1 fully saturated rings. The molecule has 0 radical (unpaired) electrons. The van der Waals surface area contributed by atoms with Gasteiger partial charge in [-0.25, -0.2) is 0 Å². The van der Waals surface area contributed by atoms with E-state index in [4.69, 9.17) is 32.7 Å². The summed E-state index contributed by atoms with van der Waals surface area (Å²) >= 11 is 12.6. The van der Waals surface area contributed by atoms with Crippen molar-refractivity contribution in [2.45, 2.75) is 58.8 Å². The van der Waals surface area contributed by atoms with Gasteiger partial charge in [-0.2, -0.15) is 0 Å². The maximum atomic E-state index is 12.6. The number of carbonyl (C=O) groups excluding carboxylic acids is 2. The van der Waals surface area contributed by atoms with Gasteiger partial charge in [-0.15, -0.1) is 0 Å². The number of anilines is 2. The summed E-state index contributed by atoms with van der Waals surface area (Å²) in [5.41, 5.74) is 2.86. The van der Waals surface area contributed by atoms with Crippen LogP contribution in [0, 0.1) is 5.92 Å². The Hall–Kier alpha value is -2.48. The maximum Gasteiger partial charge on any atom is 0.307 e. The summed E-state index contributed by atoms with van der Waals surface area (Å²) in [6.07, 6.45) is 5.28. The fraction of sp³-hybridized carbons (Fsp3) is 0.548. The predicted octanol–water partition coefficient (Wildman–Crippen LogP) is 6.58. The summed E-state index contributed by atoms with van der Waals surface area (Å²) in [7, 11) is 0. The molecule has 2 aromatic carbocycles. The van der Waals surface area contributed by atoms with Gasteiger partial charge in [-0.1, -0.05) is 55.6 Å². The third-order valence-corrected chi connectivity index (χ3v) is 8.74. The number of hydrogen-bond acceptors (Lipinski definition) is 6. The van der Waals surface area contributed by atoms with E-state index in [1.807, 2.05) is 36.4 Å². The number of hydrogen-bond donors (Lipinski definition) is 0. The normalized spacial score (nSPS) is 16.6. The maximum absolute atomic E-state index is 12.6. The lowest BCUT2D eigenvalue weighted by molar-refractivity contribution is -0.144. The molecule has 2 aromatic rings. The van der Waals surface area contributed by atoms with Crippen molar-refractivity contribution >= 4 is 46.5 Å². The minimum atomic E-state index is -0.262. The summed E-state index contributed by atoms with van der Waals surface area (Å²) in [5.74, 6) is 0.919. The smallest absolute Gasteiger partial charge is 0.307 e. The topological polar surface area (TPSA) is 62.3 Å². The van der Waals surface area contributed by atoms with Gasteiger partial charge < -0.3 is 14.4 Å². The van der Waals surface area contributed by atoms with Crippen molar-refractivity contribution in [2.24, 2.45) is 5.92 Å². The summed E-state index contributed by atoms with van der Waals surface area (Å²) in [6.45, 7) is 9.64. The minimum Gasteiger partial charge on any atom is -0.494 e. The second kappa shape index (κ2) is 14.9. The molecule has 0 aromatic heterocycles. The van der Waals surface area contributed by atoms with Crippen LogP contribution in [0.5, 0.6) is 5.75 Å². The Morgan fingerprint density at radius 2 is 1.82 bits per heavy atom. The highest BCUT2D eigenvalue weighted by Crippen LogP contribution is 2.33. The number of halogens is 2. The van der Waals surface area contributed by atoms with Gasteiger partial charge in [0.25, 0.3) is 0 Å². The molecule has 1 amide bonds. The first kappa shape index (κ1) is 30.5. The van der Waals surface area contributed by atoms with Crippen LogP contribution in [0.2, 0.25) is 10.0 Å². The number of ether oxygens (including phenoxy) is 2. The molecule has 1 unspecified atom stereocenters. The molecule has 2 aliphatic rings. The van der Waals surface area contributed by atoms with E-state index in [1.165, 1.54) is 0 Å². The second-order valence-corrected chi connectivity index (χ2v) is 11.6. The third-order valence-electron chi connectivity index (χ3n) is 7.93. The number of benzene rings is 2. The van der Waals surface area contributed by atoms with Crippen molar-refractivity contribution in [3.63, 3.8) is 0 Å². The molecular weight excluding hydrogens is 549 g/mol. The van der Waals surface area contributed by atoms with Gasteiger partial charge in [0.2, 0.25) is 5.91 Å². The van der Waals surface area contributed by atoms with Crippen LogP contribution in [0.15, 0.2) is 36.4 Å². The number of piperazine rings is 1. The van der Waals surface area contributed by atoms with Crippen LogP contribution in [0.1, 0.15) is 57.9 Å². The zero-order valence-electron chi connectivity index (χ0n) is 23.7. The Morgan fingerprint density at radius 3 is 2.60 bits per heavy atom. The largest absolute Gasteiger partial charge is 0.494 e. The highest BCUT2D eigenvalue weighted by molar-refractivity contribution is 6.43. The van der Waals surface area contributed by atoms with Crippen LogP contribution in [0.3, 0.4) is 0 Å². The lowest BCUT2D eigenvalue weighted by Gasteiger charge is -2.36. The highest BCUT2D eigenvalue weighted by Gasteiger charge is 2.26. The Morgan fingerprint density at radius 1 is 1.02 bits per heavy atom. The van der Waals surface area contributed by atoms with Crippen molar-refractivity contribution in [1.82, 2.24) is 4.90 Å². The molecular formula is C31H41Cl2N3O4. The molecule has 0 N–H and O–H groups in total. The van der Waals surface area contributed by atoms with Crippen LogP contribution in [-0.4, -0.2) is 62.8 Å². The van der Waals surface area contributed by atoms with Crippen LogP contribution < -0.4 is 14.5 Å². The minimum absolute atomic E-state index is 0.0305. The van der Waals surface area contributed by atoms with Gasteiger partial charge in [-0.05, 0) is 61.9 Å². The van der Waals surface area contributed by atoms with Gasteiger partial charge in [0.15, 0.2) is 6.73 Å². The molecule has 1 atom stereocenters. The third kappa shape index (κ3) is 8.27. The van der Waals surface area contributed by atoms with E-state index in [2.05, 4.69) is 23.6 Å². The molecule has 4 rings (SSSR count). The van der Waals surface area contributed by atoms with Crippen molar-refractivity contribution in [2.75, 3.05) is 55.9 Å². The van der Waals surface area contributed by atoms with Gasteiger partial charge in [0, 0.05) is 45.1 Å². The first-order chi connectivity index (χ1) is 19.4. The fourth-order valence-electron chi connectivity index (χ4n) is 5.10. The Bertz CT molecular complexity index is 1150. The number of nitrogens with zero attached hydrogens (tertiary/aromatic N) is 3. The second-order valence-electron chi connectivity index (χ2n) is 10.8. The Balaban J connectivity index is 1.19. The van der Waals surface area contributed by atoms with Crippen LogP contribution in [0.25, 0.3) is 0 Å². The van der Waals surface area contributed by atoms with Crippen LogP contribution >= 0.6 is 23.2 Å². The lowest BCUT2D eigenvalue weighted by atomic mass is 10.0. The molecule has 0 spiro atoms. The van der Waals surface area contributed by atoms with Crippen molar-refractivity contribution in [3.05, 3.63) is 52.0 Å². The van der Waals surface area contributed by atoms with Crippen LogP contribution in [0.4, 0.5) is 11.4 Å². The Kier molecular flexibility index (Phi) is 11.4. The number of esters is 1. The van der Waals surface area contributed by atoms with E-state index in [-0.39, 0.29) is 18.6 Å². The van der Waals surface area contributed by atoms with Gasteiger partial charge >= 0.3 is 5.97 Å². The van der Waals surface area contributed by atoms with Crippen molar-refractivity contribution in [3.8, 4) is 5.75 Å². The van der Waals surface area contributed by atoms with E-state index in [0.29, 0.717) is 41.8 Å². The van der Waals surface area contributed by atoms with Gasteiger partial charge in [0.1, 0.15) is 5.75 Å². The number of rotatable bonds is 13. The zero-order chi connectivity index (χ0) is 28.5. The average molecular weight is 591 g/mol. The molecule has 9 heteroatoms. The molecule has 218 valence electrons. The molecule has 7 nitrogen and oxygen atoms in total. The first-order valence-corrected chi connectivity index (χ1v) is 15.2. The van der Waals surface area contributed by atoms with Crippen molar-refractivity contribution in [1.29, 1.82) is 0 Å². The number of amides is 1. The average Bonchev–Trinajstić information content (AvgIpc) is 2.97. The van der Waals surface area contributed by atoms with E-state index in [1.54, 1.807) is 4.90 Å². The summed E-state index contributed by atoms with van der Waals surface area (Å²) in [6, 6.07) is 11.7. The molecule has 2 heterocycles. The van der Waals surface area contributed by atoms with E-state index in [0.717, 1.165) is 81.1 Å². The number of aryl methyl sites for hydroxylation is 1. The fourth-order valence-corrected chi connectivity index (χ4v) is 5.52. The number of unbranched alkanes of at least 4 members (excludes halogenated alkanes) is 1. The molecule has 1 saturated heterocycles. The number of carbonyl (C=O) groups is 2. The predicted molar refractivity (Wildman–Crippen MR) is 162 cm³/mol. The van der Waals surface area contributed by atoms with Crippen molar-refractivity contribution < 1.29 is 19.1 Å². The molecule has 0 bridgehead atoms. The van der Waals surface area contributed by atoms with E-state index >= 15 is 0 Å². The van der Waals surface area contributed by atoms with Gasteiger partial charge in [-0.3, -0.25) is 19.4 Å². The summed E-state index contributed by atoms with van der Waals surface area (Å²) < 4.78 is 11.5. The molecule has 40 heavy (non-hydrogen) atoms. The van der Waals surface area contributed by atoms with E-state index in [9.17, 15) is 9.59 Å². The highest BCUT2D eigenvalue weighted by atomic mass is 35.5. The van der Waals surface area contributed by atoms with Crippen LogP contribution in [-0.2, 0) is 20.7 Å². The molecule has 0 aliphatic carbocycles. The SMILES string of the molecule is CCC(C)CCC(=O)OCN1C(=O)CCc2ccc(OCCCCN3CCN(c4cccc(Cl)c4Cl)CC3)cc21.